The van der Waals surface area contributed by atoms with Crippen molar-refractivity contribution in [2.75, 3.05) is 32.0 Å². The summed E-state index contributed by atoms with van der Waals surface area (Å²) in [6.07, 6.45) is 9.60. The molecule has 3 fully saturated rings. The lowest BCUT2D eigenvalue weighted by Gasteiger charge is -2.19. The molecule has 2 aliphatic heterocycles. The summed E-state index contributed by atoms with van der Waals surface area (Å²) in [5, 5.41) is 7.62. The van der Waals surface area contributed by atoms with Crippen molar-refractivity contribution < 1.29 is 0 Å². The van der Waals surface area contributed by atoms with Crippen molar-refractivity contribution in [2.45, 2.75) is 50.6 Å². The first-order valence-electron chi connectivity index (χ1n) is 14.3. The fourth-order valence-corrected chi connectivity index (χ4v) is 6.13. The van der Waals surface area contributed by atoms with E-state index in [2.05, 4.69) is 57.9 Å². The lowest BCUT2D eigenvalue weighted by molar-refractivity contribution is 0.317. The molecule has 1 aliphatic carbocycles. The number of pyridine rings is 2. The number of hydrogen-bond acceptors (Lipinski definition) is 7. The predicted octanol–water partition coefficient (Wildman–Crippen LogP) is 4.85. The van der Waals surface area contributed by atoms with Crippen LogP contribution in [0.15, 0.2) is 59.7 Å². The summed E-state index contributed by atoms with van der Waals surface area (Å²) in [6, 6.07) is 15.0. The van der Waals surface area contributed by atoms with Crippen LogP contribution in [0, 0.1) is 5.92 Å². The lowest BCUT2D eigenvalue weighted by atomic mass is 9.98. The number of anilines is 2. The molecule has 1 aromatic carbocycles. The summed E-state index contributed by atoms with van der Waals surface area (Å²) >= 11 is 0. The number of fused-ring (bicyclic) bond motifs is 1. The van der Waals surface area contributed by atoms with Gasteiger partial charge in [0.1, 0.15) is 5.65 Å². The Bertz CT molecular complexity index is 1540. The Morgan fingerprint density at radius 1 is 1.00 bits per heavy atom. The summed E-state index contributed by atoms with van der Waals surface area (Å²) in [6.45, 7) is 3.91. The van der Waals surface area contributed by atoms with Gasteiger partial charge in [0.15, 0.2) is 0 Å². The van der Waals surface area contributed by atoms with Gasteiger partial charge in [0.25, 0.3) is 5.56 Å². The average Bonchev–Trinajstić information content (AvgIpc) is 3.41. The number of rotatable bonds is 7. The molecule has 0 radical (unpaired) electrons. The van der Waals surface area contributed by atoms with Gasteiger partial charge in [0, 0.05) is 42.6 Å². The van der Waals surface area contributed by atoms with Crippen LogP contribution < -0.4 is 16.2 Å². The Morgan fingerprint density at radius 2 is 1.85 bits per heavy atom. The van der Waals surface area contributed by atoms with Crippen molar-refractivity contribution in [3.8, 4) is 11.3 Å². The maximum Gasteiger partial charge on any atom is 0.261 e. The molecule has 2 saturated heterocycles. The van der Waals surface area contributed by atoms with Crippen LogP contribution in [0.1, 0.15) is 55.2 Å². The zero-order valence-corrected chi connectivity index (χ0v) is 22.4. The van der Waals surface area contributed by atoms with Crippen LogP contribution in [0.25, 0.3) is 22.3 Å². The van der Waals surface area contributed by atoms with E-state index in [0.29, 0.717) is 47.3 Å². The van der Waals surface area contributed by atoms with E-state index in [1.54, 1.807) is 0 Å². The smallest absolute Gasteiger partial charge is 0.261 e. The molecule has 0 bridgehead atoms. The second kappa shape index (κ2) is 10.2. The molecule has 0 spiro atoms. The monoisotopic (exact) mass is 521 g/mol. The van der Waals surface area contributed by atoms with Crippen LogP contribution in [0.5, 0.6) is 0 Å². The number of nitrogens with one attached hydrogen (secondary N) is 2. The number of aromatic nitrogens is 4. The van der Waals surface area contributed by atoms with E-state index in [-0.39, 0.29) is 5.56 Å². The highest BCUT2D eigenvalue weighted by Gasteiger charge is 2.26. The third kappa shape index (κ3) is 4.94. The third-order valence-electron chi connectivity index (χ3n) is 8.63. The molecule has 2 atom stereocenters. The highest BCUT2D eigenvalue weighted by Crippen LogP contribution is 2.33. The molecular weight excluding hydrogens is 486 g/mol. The van der Waals surface area contributed by atoms with Crippen LogP contribution >= 0.6 is 0 Å². The molecule has 1 saturated carbocycles. The summed E-state index contributed by atoms with van der Waals surface area (Å²) in [5.74, 6) is 1.60. The minimum absolute atomic E-state index is 0.0354. The van der Waals surface area contributed by atoms with Crippen molar-refractivity contribution >= 4 is 22.7 Å². The molecule has 39 heavy (non-hydrogen) atoms. The first-order valence-corrected chi connectivity index (χ1v) is 14.3. The molecule has 3 aromatic heterocycles. The van der Waals surface area contributed by atoms with Gasteiger partial charge in [-0.25, -0.2) is 4.98 Å². The highest BCUT2D eigenvalue weighted by molar-refractivity contribution is 5.81. The second-order valence-corrected chi connectivity index (χ2v) is 11.4. The van der Waals surface area contributed by atoms with E-state index in [1.807, 2.05) is 29.1 Å². The van der Waals surface area contributed by atoms with Crippen LogP contribution in [0.3, 0.4) is 0 Å². The normalized spacial score (nSPS) is 21.6. The van der Waals surface area contributed by atoms with Gasteiger partial charge in [-0.1, -0.05) is 18.2 Å². The standard InChI is InChI=1S/C31H35N7O/c1-37-14-2-3-28(37)23-8-11-27(33-17-23)26-15-24-18-34-31(36-29(24)38(30(26)39)19-20-4-5-20)35-25-9-6-21(7-10-25)22-12-13-32-16-22/h6-11,15,17-18,20,22,28,32H,2-5,12-14,16,19H2,1H3,(H,34,35,36). The Balaban J connectivity index is 1.20. The summed E-state index contributed by atoms with van der Waals surface area (Å²) in [7, 11) is 2.16. The lowest BCUT2D eigenvalue weighted by Crippen LogP contribution is -2.24. The van der Waals surface area contributed by atoms with E-state index in [4.69, 9.17) is 9.97 Å². The van der Waals surface area contributed by atoms with E-state index in [1.165, 1.54) is 24.0 Å². The van der Waals surface area contributed by atoms with E-state index in [0.717, 1.165) is 50.0 Å². The first kappa shape index (κ1) is 24.4. The SMILES string of the molecule is CN1CCCC1c1ccc(-c2cc3cnc(Nc4ccc(C5CCNC5)cc4)nc3n(CC3CC3)c2=O)nc1. The molecular formula is C31H35N7O. The van der Waals surface area contributed by atoms with E-state index < -0.39 is 0 Å². The van der Waals surface area contributed by atoms with Crippen LogP contribution in [-0.2, 0) is 6.54 Å². The first-order chi connectivity index (χ1) is 19.1. The third-order valence-corrected chi connectivity index (χ3v) is 8.63. The number of hydrogen-bond donors (Lipinski definition) is 2. The van der Waals surface area contributed by atoms with Crippen LogP contribution in [0.2, 0.25) is 0 Å². The average molecular weight is 522 g/mol. The van der Waals surface area contributed by atoms with Crippen LogP contribution in [-0.4, -0.2) is 51.1 Å². The number of nitrogens with zero attached hydrogens (tertiary/aromatic N) is 5. The summed E-state index contributed by atoms with van der Waals surface area (Å²) in [5.41, 5.74) is 5.45. The predicted molar refractivity (Wildman–Crippen MR) is 154 cm³/mol. The summed E-state index contributed by atoms with van der Waals surface area (Å²) in [4.78, 5) is 30.3. The quantitative estimate of drug-likeness (QED) is 0.359. The van der Waals surface area contributed by atoms with Crippen molar-refractivity contribution in [1.29, 1.82) is 0 Å². The van der Waals surface area contributed by atoms with Gasteiger partial charge >= 0.3 is 0 Å². The van der Waals surface area contributed by atoms with Crippen LogP contribution in [0.4, 0.5) is 11.6 Å². The Labute approximate surface area is 228 Å². The Hall–Kier alpha value is -3.62. The molecule has 3 aliphatic rings. The van der Waals surface area contributed by atoms with Gasteiger partial charge in [-0.2, -0.15) is 4.98 Å². The van der Waals surface area contributed by atoms with Gasteiger partial charge in [0.2, 0.25) is 5.95 Å². The summed E-state index contributed by atoms with van der Waals surface area (Å²) < 4.78 is 1.84. The second-order valence-electron chi connectivity index (χ2n) is 11.4. The molecule has 2 unspecified atom stereocenters. The van der Waals surface area contributed by atoms with Gasteiger partial charge in [0.05, 0.1) is 11.3 Å². The molecule has 5 heterocycles. The van der Waals surface area contributed by atoms with Gasteiger partial charge < -0.3 is 10.6 Å². The van der Waals surface area contributed by atoms with Crippen molar-refractivity contribution in [1.82, 2.24) is 29.7 Å². The molecule has 2 N–H and O–H groups in total. The molecule has 7 rings (SSSR count). The van der Waals surface area contributed by atoms with Crippen molar-refractivity contribution in [2.24, 2.45) is 5.92 Å². The fraction of sp³-hybridized carbons (Fsp3) is 0.419. The molecule has 0 amide bonds. The largest absolute Gasteiger partial charge is 0.324 e. The van der Waals surface area contributed by atoms with Crippen molar-refractivity contribution in [3.63, 3.8) is 0 Å². The van der Waals surface area contributed by atoms with E-state index in [9.17, 15) is 4.79 Å². The topological polar surface area (TPSA) is 88.0 Å². The highest BCUT2D eigenvalue weighted by atomic mass is 16.1. The minimum atomic E-state index is -0.0354. The zero-order chi connectivity index (χ0) is 26.3. The Kier molecular flexibility index (Phi) is 6.37. The minimum Gasteiger partial charge on any atom is -0.324 e. The van der Waals surface area contributed by atoms with Gasteiger partial charge in [-0.3, -0.25) is 19.2 Å². The number of likely N-dealkylation sites (tertiary alicyclic amines) is 1. The molecule has 200 valence electrons. The molecule has 4 aromatic rings. The van der Waals surface area contributed by atoms with Gasteiger partial charge in [-0.15, -0.1) is 0 Å². The molecule has 8 nitrogen and oxygen atoms in total. The maximum absolute atomic E-state index is 13.8. The fourth-order valence-electron chi connectivity index (χ4n) is 6.13. The molecule has 8 heteroatoms. The maximum atomic E-state index is 13.8. The van der Waals surface area contributed by atoms with E-state index >= 15 is 0 Å². The zero-order valence-electron chi connectivity index (χ0n) is 22.4. The Morgan fingerprint density at radius 3 is 2.54 bits per heavy atom. The van der Waals surface area contributed by atoms with Gasteiger partial charge in [-0.05, 0) is 99.5 Å². The number of benzene rings is 1. The van der Waals surface area contributed by atoms with Crippen molar-refractivity contribution in [3.05, 3.63) is 76.3 Å².